The quantitative estimate of drug-likeness (QED) is 0.708. The molecule has 2 aromatic carbocycles. The first kappa shape index (κ1) is 17.5. The van der Waals surface area contributed by atoms with E-state index in [1.165, 1.54) is 12.1 Å². The molecule has 1 aliphatic rings. The molecule has 0 aliphatic carbocycles. The van der Waals surface area contributed by atoms with E-state index < -0.39 is 11.7 Å². The highest BCUT2D eigenvalue weighted by atomic mass is 35.5. The fraction of sp³-hybridized carbons (Fsp3) is 0.200. The Morgan fingerprint density at radius 2 is 2.07 bits per heavy atom. The number of para-hydroxylation sites is 1. The van der Waals surface area contributed by atoms with Crippen molar-refractivity contribution in [1.82, 2.24) is 10.5 Å². The molecule has 0 radical (unpaired) electrons. The minimum absolute atomic E-state index is 0.0496. The molecule has 1 aromatic heterocycles. The molecule has 0 spiro atoms. The van der Waals surface area contributed by atoms with Gasteiger partial charge in [-0.1, -0.05) is 41.0 Å². The predicted octanol–water partition coefficient (Wildman–Crippen LogP) is 4.70. The van der Waals surface area contributed by atoms with Gasteiger partial charge in [0.2, 0.25) is 0 Å². The van der Waals surface area contributed by atoms with Crippen LogP contribution < -0.4 is 10.1 Å². The summed E-state index contributed by atoms with van der Waals surface area (Å²) in [6.45, 7) is 2.11. The van der Waals surface area contributed by atoms with E-state index in [9.17, 15) is 9.18 Å². The van der Waals surface area contributed by atoms with Crippen molar-refractivity contribution in [3.05, 3.63) is 70.2 Å². The van der Waals surface area contributed by atoms with Gasteiger partial charge < -0.3 is 14.6 Å². The van der Waals surface area contributed by atoms with Crippen LogP contribution in [-0.2, 0) is 0 Å². The Morgan fingerprint density at radius 1 is 1.26 bits per heavy atom. The number of fused-ring (bicyclic) bond motifs is 1. The minimum Gasteiger partial charge on any atom is -0.493 e. The Morgan fingerprint density at radius 3 is 2.89 bits per heavy atom. The molecule has 5 nitrogen and oxygen atoms in total. The third kappa shape index (κ3) is 3.17. The van der Waals surface area contributed by atoms with Crippen molar-refractivity contribution in [2.75, 3.05) is 6.61 Å². The van der Waals surface area contributed by atoms with E-state index in [-0.39, 0.29) is 27.9 Å². The fourth-order valence-corrected chi connectivity index (χ4v) is 3.51. The number of amides is 1. The second-order valence-electron chi connectivity index (χ2n) is 6.26. The molecular formula is C20H16ClFN2O3. The number of benzene rings is 2. The summed E-state index contributed by atoms with van der Waals surface area (Å²) in [7, 11) is 0. The van der Waals surface area contributed by atoms with Gasteiger partial charge >= 0.3 is 0 Å². The summed E-state index contributed by atoms with van der Waals surface area (Å²) in [6, 6.07) is 11.6. The van der Waals surface area contributed by atoms with Gasteiger partial charge in [-0.05, 0) is 25.1 Å². The maximum absolute atomic E-state index is 14.3. The van der Waals surface area contributed by atoms with Crippen LogP contribution in [0.4, 0.5) is 4.39 Å². The highest BCUT2D eigenvalue weighted by Gasteiger charge is 2.29. The second-order valence-corrected chi connectivity index (χ2v) is 6.67. The van der Waals surface area contributed by atoms with Gasteiger partial charge in [-0.3, -0.25) is 4.79 Å². The summed E-state index contributed by atoms with van der Waals surface area (Å²) in [5.74, 6) is 0.0710. The Hall–Kier alpha value is -2.86. The van der Waals surface area contributed by atoms with Crippen molar-refractivity contribution in [2.45, 2.75) is 19.4 Å². The zero-order valence-electron chi connectivity index (χ0n) is 14.5. The van der Waals surface area contributed by atoms with E-state index in [0.29, 0.717) is 18.8 Å². The van der Waals surface area contributed by atoms with E-state index in [4.69, 9.17) is 20.9 Å². The molecule has 7 heteroatoms. The molecule has 1 aliphatic heterocycles. The number of nitrogens with one attached hydrogen (secondary N) is 1. The molecule has 2 heterocycles. The standard InChI is InChI=1S/C20H16ClFN2O3/c1-11-17(19(24-27-11)18-13(21)6-4-7-14(18)22)20(25)23-15-9-10-26-16-8-3-2-5-12(15)16/h2-8,15H,9-10H2,1H3,(H,23,25)/t15-/m1/s1. The summed E-state index contributed by atoms with van der Waals surface area (Å²) in [4.78, 5) is 13.0. The number of halogens is 2. The number of aromatic nitrogens is 1. The first-order valence-corrected chi connectivity index (χ1v) is 8.87. The van der Waals surface area contributed by atoms with E-state index in [2.05, 4.69) is 10.5 Å². The SMILES string of the molecule is Cc1onc(-c2c(F)cccc2Cl)c1C(=O)N[C@@H]1CCOc2ccccc21. The first-order valence-electron chi connectivity index (χ1n) is 8.49. The summed E-state index contributed by atoms with van der Waals surface area (Å²) in [6.07, 6.45) is 0.628. The largest absolute Gasteiger partial charge is 0.493 e. The third-order valence-electron chi connectivity index (χ3n) is 4.55. The summed E-state index contributed by atoms with van der Waals surface area (Å²) in [5, 5.41) is 7.02. The van der Waals surface area contributed by atoms with Gasteiger partial charge in [0.1, 0.15) is 28.6 Å². The Kier molecular flexibility index (Phi) is 4.58. The molecule has 0 bridgehead atoms. The normalized spacial score (nSPS) is 15.7. The van der Waals surface area contributed by atoms with Gasteiger partial charge in [0.15, 0.2) is 0 Å². The van der Waals surface area contributed by atoms with Gasteiger partial charge in [0, 0.05) is 12.0 Å². The first-order chi connectivity index (χ1) is 13.1. The molecular weight excluding hydrogens is 371 g/mol. The summed E-state index contributed by atoms with van der Waals surface area (Å²) >= 11 is 6.14. The lowest BCUT2D eigenvalue weighted by Gasteiger charge is -2.26. The van der Waals surface area contributed by atoms with Crippen molar-refractivity contribution in [3.8, 4) is 17.0 Å². The predicted molar refractivity (Wildman–Crippen MR) is 98.4 cm³/mol. The maximum Gasteiger partial charge on any atom is 0.257 e. The van der Waals surface area contributed by atoms with Crippen LogP contribution in [0.5, 0.6) is 5.75 Å². The molecule has 1 N–H and O–H groups in total. The number of aryl methyl sites for hydroxylation is 1. The van der Waals surface area contributed by atoms with Crippen molar-refractivity contribution < 1.29 is 18.4 Å². The lowest BCUT2D eigenvalue weighted by molar-refractivity contribution is 0.0924. The average Bonchev–Trinajstić information content (AvgIpc) is 3.03. The second kappa shape index (κ2) is 7.04. The van der Waals surface area contributed by atoms with Crippen molar-refractivity contribution in [2.24, 2.45) is 0 Å². The molecule has 1 amide bonds. The summed E-state index contributed by atoms with van der Waals surface area (Å²) in [5.41, 5.74) is 1.21. The van der Waals surface area contributed by atoms with E-state index in [1.807, 2.05) is 24.3 Å². The van der Waals surface area contributed by atoms with Crippen LogP contribution in [0.2, 0.25) is 5.02 Å². The van der Waals surface area contributed by atoms with Gasteiger partial charge in [-0.15, -0.1) is 0 Å². The lowest BCUT2D eigenvalue weighted by atomic mass is 9.99. The molecule has 27 heavy (non-hydrogen) atoms. The zero-order valence-corrected chi connectivity index (χ0v) is 15.2. The van der Waals surface area contributed by atoms with Crippen molar-refractivity contribution in [3.63, 3.8) is 0 Å². The third-order valence-corrected chi connectivity index (χ3v) is 4.87. The van der Waals surface area contributed by atoms with Crippen molar-refractivity contribution in [1.29, 1.82) is 0 Å². The van der Waals surface area contributed by atoms with Crippen LogP contribution in [0.25, 0.3) is 11.3 Å². The lowest BCUT2D eigenvalue weighted by Crippen LogP contribution is -2.32. The number of nitrogens with zero attached hydrogens (tertiary/aromatic N) is 1. The molecule has 0 fully saturated rings. The van der Waals surface area contributed by atoms with E-state index in [1.54, 1.807) is 13.0 Å². The van der Waals surface area contributed by atoms with Gasteiger partial charge in [-0.2, -0.15) is 0 Å². The zero-order chi connectivity index (χ0) is 19.0. The number of carbonyl (C=O) groups is 1. The van der Waals surface area contributed by atoms with E-state index in [0.717, 1.165) is 11.3 Å². The molecule has 1 atom stereocenters. The smallest absolute Gasteiger partial charge is 0.257 e. The monoisotopic (exact) mass is 386 g/mol. The number of hydrogen-bond donors (Lipinski definition) is 1. The number of carbonyl (C=O) groups excluding carboxylic acids is 1. The molecule has 0 unspecified atom stereocenters. The van der Waals surface area contributed by atoms with Crippen LogP contribution >= 0.6 is 11.6 Å². The molecule has 4 rings (SSSR count). The highest BCUT2D eigenvalue weighted by molar-refractivity contribution is 6.33. The van der Waals surface area contributed by atoms with Crippen LogP contribution in [0.1, 0.15) is 34.1 Å². The molecule has 138 valence electrons. The van der Waals surface area contributed by atoms with Gasteiger partial charge in [-0.25, -0.2) is 4.39 Å². The Bertz CT molecular complexity index is 998. The highest BCUT2D eigenvalue weighted by Crippen LogP contribution is 2.35. The Balaban J connectivity index is 1.70. The van der Waals surface area contributed by atoms with Crippen molar-refractivity contribution >= 4 is 17.5 Å². The summed E-state index contributed by atoms with van der Waals surface area (Å²) < 4.78 is 25.1. The van der Waals surface area contributed by atoms with Crippen LogP contribution in [0.3, 0.4) is 0 Å². The van der Waals surface area contributed by atoms with Gasteiger partial charge in [0.25, 0.3) is 5.91 Å². The number of hydrogen-bond acceptors (Lipinski definition) is 4. The van der Waals surface area contributed by atoms with E-state index >= 15 is 0 Å². The van der Waals surface area contributed by atoms with Crippen LogP contribution in [-0.4, -0.2) is 17.7 Å². The fourth-order valence-electron chi connectivity index (χ4n) is 3.26. The Labute approximate surface area is 160 Å². The topological polar surface area (TPSA) is 64.4 Å². The number of ether oxygens (including phenoxy) is 1. The van der Waals surface area contributed by atoms with Gasteiger partial charge in [0.05, 0.1) is 23.2 Å². The van der Waals surface area contributed by atoms with Crippen LogP contribution in [0, 0.1) is 12.7 Å². The molecule has 0 saturated heterocycles. The minimum atomic E-state index is -0.568. The molecule has 3 aromatic rings. The van der Waals surface area contributed by atoms with Crippen LogP contribution in [0.15, 0.2) is 47.0 Å². The number of rotatable bonds is 3. The maximum atomic E-state index is 14.3. The molecule has 0 saturated carbocycles. The average molecular weight is 387 g/mol.